The monoisotopic (exact) mass is 394 g/mol. The number of likely N-dealkylation sites (N-methyl/N-ethyl adjacent to an activating group) is 2. The van der Waals surface area contributed by atoms with Gasteiger partial charge in [0.2, 0.25) is 5.91 Å². The van der Waals surface area contributed by atoms with Gasteiger partial charge >= 0.3 is 0 Å². The Kier molecular flexibility index (Phi) is 10.6. The topological polar surface area (TPSA) is 66.5 Å². The molecule has 1 aromatic rings. The van der Waals surface area contributed by atoms with Gasteiger partial charge in [-0.1, -0.05) is 19.1 Å². The maximum absolute atomic E-state index is 12.4. The van der Waals surface area contributed by atoms with Crippen molar-refractivity contribution in [2.75, 3.05) is 32.9 Å². The average Bonchev–Trinajstić information content (AvgIpc) is 2.52. The summed E-state index contributed by atoms with van der Waals surface area (Å²) in [7, 11) is 0.297. The van der Waals surface area contributed by atoms with Gasteiger partial charge in [-0.05, 0) is 32.5 Å². The molecule has 0 aliphatic carbocycles. The van der Waals surface area contributed by atoms with E-state index in [4.69, 9.17) is 0 Å². The highest BCUT2D eigenvalue weighted by Gasteiger charge is 2.23. The SMILES string of the molecule is CCCS(=O)(=O)c1ccccc1SC(C)C(=O)N(C)CCNC.Cl. The van der Waals surface area contributed by atoms with E-state index in [1.807, 2.05) is 20.9 Å². The Balaban J connectivity index is 0.00000529. The van der Waals surface area contributed by atoms with Gasteiger partial charge < -0.3 is 10.2 Å². The van der Waals surface area contributed by atoms with Gasteiger partial charge in [0.15, 0.2) is 9.84 Å². The van der Waals surface area contributed by atoms with Crippen LogP contribution in [-0.4, -0.2) is 57.4 Å². The van der Waals surface area contributed by atoms with Crippen molar-refractivity contribution in [2.24, 2.45) is 0 Å². The van der Waals surface area contributed by atoms with Crippen molar-refractivity contribution < 1.29 is 13.2 Å². The summed E-state index contributed by atoms with van der Waals surface area (Å²) in [5.41, 5.74) is 0. The van der Waals surface area contributed by atoms with E-state index in [9.17, 15) is 13.2 Å². The van der Waals surface area contributed by atoms with Gasteiger partial charge in [0.1, 0.15) is 0 Å². The molecule has 0 bridgehead atoms. The number of halogens is 1. The molecule has 5 nitrogen and oxygen atoms in total. The fourth-order valence-corrected chi connectivity index (χ4v) is 5.07. The predicted molar refractivity (Wildman–Crippen MR) is 103 cm³/mol. The Morgan fingerprint density at radius 1 is 1.33 bits per heavy atom. The van der Waals surface area contributed by atoms with E-state index < -0.39 is 9.84 Å². The standard InChI is InChI=1S/C16H26N2O3S2.ClH/c1-5-12-23(20,21)15-9-7-6-8-14(15)22-13(2)16(19)18(4)11-10-17-3;/h6-9,13,17H,5,10-12H2,1-4H3;1H. The first-order valence-corrected chi connectivity index (χ1v) is 10.2. The molecule has 0 saturated heterocycles. The van der Waals surface area contributed by atoms with Crippen LogP contribution in [0.4, 0.5) is 0 Å². The van der Waals surface area contributed by atoms with Crippen molar-refractivity contribution in [3.8, 4) is 0 Å². The fourth-order valence-electron chi connectivity index (χ4n) is 2.12. The van der Waals surface area contributed by atoms with E-state index in [-0.39, 0.29) is 29.3 Å². The Bertz CT molecular complexity index is 624. The molecule has 0 fully saturated rings. The molecule has 1 N–H and O–H groups in total. The number of thioether (sulfide) groups is 1. The van der Waals surface area contributed by atoms with Crippen molar-refractivity contribution in [2.45, 2.75) is 35.3 Å². The van der Waals surface area contributed by atoms with Crippen molar-refractivity contribution >= 4 is 39.9 Å². The van der Waals surface area contributed by atoms with E-state index in [0.717, 1.165) is 6.54 Å². The summed E-state index contributed by atoms with van der Waals surface area (Å²) in [4.78, 5) is 15.0. The van der Waals surface area contributed by atoms with E-state index in [0.29, 0.717) is 22.8 Å². The molecule has 0 saturated carbocycles. The van der Waals surface area contributed by atoms with E-state index in [1.54, 1.807) is 36.2 Å². The Hall–Kier alpha value is -0.760. The number of nitrogens with one attached hydrogen (secondary N) is 1. The van der Waals surface area contributed by atoms with Crippen molar-refractivity contribution in [3.63, 3.8) is 0 Å². The lowest BCUT2D eigenvalue weighted by Crippen LogP contribution is -2.37. The summed E-state index contributed by atoms with van der Waals surface area (Å²) < 4.78 is 24.7. The van der Waals surface area contributed by atoms with E-state index in [1.165, 1.54) is 11.8 Å². The van der Waals surface area contributed by atoms with Crippen molar-refractivity contribution in [1.82, 2.24) is 10.2 Å². The summed E-state index contributed by atoms with van der Waals surface area (Å²) in [6.45, 7) is 5.00. The molecule has 1 aromatic carbocycles. The highest BCUT2D eigenvalue weighted by atomic mass is 35.5. The van der Waals surface area contributed by atoms with Gasteiger partial charge in [0.25, 0.3) is 0 Å². The minimum absolute atomic E-state index is 0. The molecule has 0 aliphatic rings. The number of sulfone groups is 1. The number of nitrogens with zero attached hydrogens (tertiary/aromatic N) is 1. The molecule has 0 radical (unpaired) electrons. The maximum atomic E-state index is 12.4. The quantitative estimate of drug-likeness (QED) is 0.651. The largest absolute Gasteiger partial charge is 0.344 e. The lowest BCUT2D eigenvalue weighted by molar-refractivity contribution is -0.128. The molecule has 0 aromatic heterocycles. The Labute approximate surface area is 155 Å². The summed E-state index contributed by atoms with van der Waals surface area (Å²) in [6.07, 6.45) is 0.572. The number of amides is 1. The Morgan fingerprint density at radius 3 is 2.54 bits per heavy atom. The van der Waals surface area contributed by atoms with Crippen LogP contribution in [0.2, 0.25) is 0 Å². The van der Waals surface area contributed by atoms with Crippen LogP contribution in [0.5, 0.6) is 0 Å². The number of rotatable bonds is 9. The second-order valence-electron chi connectivity index (χ2n) is 5.39. The third kappa shape index (κ3) is 6.63. The Morgan fingerprint density at radius 2 is 1.96 bits per heavy atom. The first-order chi connectivity index (χ1) is 10.8. The van der Waals surface area contributed by atoms with E-state index in [2.05, 4.69) is 5.32 Å². The normalized spacial score (nSPS) is 12.3. The molecular weight excluding hydrogens is 368 g/mol. The fraction of sp³-hybridized carbons (Fsp3) is 0.562. The summed E-state index contributed by atoms with van der Waals surface area (Å²) >= 11 is 1.30. The molecule has 24 heavy (non-hydrogen) atoms. The van der Waals surface area contributed by atoms with Crippen molar-refractivity contribution in [1.29, 1.82) is 0 Å². The smallest absolute Gasteiger partial charge is 0.235 e. The number of hydrogen-bond donors (Lipinski definition) is 1. The lowest BCUT2D eigenvalue weighted by atomic mass is 10.4. The van der Waals surface area contributed by atoms with Crippen LogP contribution in [0.25, 0.3) is 0 Å². The average molecular weight is 395 g/mol. The van der Waals surface area contributed by atoms with Gasteiger partial charge in [-0.15, -0.1) is 24.2 Å². The highest BCUT2D eigenvalue weighted by Crippen LogP contribution is 2.31. The third-order valence-corrected chi connectivity index (χ3v) is 6.65. The second-order valence-corrected chi connectivity index (χ2v) is 8.85. The second kappa shape index (κ2) is 11.0. The molecule has 1 rings (SSSR count). The summed E-state index contributed by atoms with van der Waals surface area (Å²) in [5.74, 6) is 0.113. The van der Waals surface area contributed by atoms with Crippen LogP contribution in [0.1, 0.15) is 20.3 Å². The molecule has 0 heterocycles. The van der Waals surface area contributed by atoms with Gasteiger partial charge in [-0.3, -0.25) is 4.79 Å². The van der Waals surface area contributed by atoms with Gasteiger partial charge in [-0.25, -0.2) is 8.42 Å². The molecule has 138 valence electrons. The molecule has 0 aliphatic heterocycles. The first kappa shape index (κ1) is 23.2. The van der Waals surface area contributed by atoms with Gasteiger partial charge in [-0.2, -0.15) is 0 Å². The van der Waals surface area contributed by atoms with E-state index >= 15 is 0 Å². The maximum Gasteiger partial charge on any atom is 0.235 e. The molecule has 1 atom stereocenters. The van der Waals surface area contributed by atoms with Gasteiger partial charge in [0.05, 0.1) is 15.9 Å². The number of carbonyl (C=O) groups excluding carboxylic acids is 1. The molecule has 1 unspecified atom stereocenters. The van der Waals surface area contributed by atoms with Crippen LogP contribution in [0.15, 0.2) is 34.1 Å². The highest BCUT2D eigenvalue weighted by molar-refractivity contribution is 8.01. The first-order valence-electron chi connectivity index (χ1n) is 7.71. The molecule has 8 heteroatoms. The zero-order chi connectivity index (χ0) is 17.5. The van der Waals surface area contributed by atoms with Crippen LogP contribution in [0.3, 0.4) is 0 Å². The van der Waals surface area contributed by atoms with Crippen LogP contribution >= 0.6 is 24.2 Å². The third-order valence-electron chi connectivity index (χ3n) is 3.38. The van der Waals surface area contributed by atoms with Crippen LogP contribution in [-0.2, 0) is 14.6 Å². The molecule has 0 spiro atoms. The summed E-state index contributed by atoms with van der Waals surface area (Å²) in [6, 6.07) is 6.91. The minimum Gasteiger partial charge on any atom is -0.344 e. The van der Waals surface area contributed by atoms with Crippen LogP contribution in [0, 0.1) is 0 Å². The van der Waals surface area contributed by atoms with Crippen molar-refractivity contribution in [3.05, 3.63) is 24.3 Å². The number of carbonyl (C=O) groups is 1. The number of hydrogen-bond acceptors (Lipinski definition) is 5. The van der Waals surface area contributed by atoms with Gasteiger partial charge in [0, 0.05) is 25.0 Å². The predicted octanol–water partition coefficient (Wildman–Crippen LogP) is 2.45. The zero-order valence-corrected chi connectivity index (χ0v) is 17.1. The lowest BCUT2D eigenvalue weighted by Gasteiger charge is -2.21. The summed E-state index contributed by atoms with van der Waals surface area (Å²) in [5, 5.41) is 2.67. The molecular formula is C16H27ClN2O3S2. The zero-order valence-electron chi connectivity index (χ0n) is 14.6. The van der Waals surface area contributed by atoms with Crippen LogP contribution < -0.4 is 5.32 Å². The number of benzene rings is 1. The molecule has 1 amide bonds. The minimum atomic E-state index is -3.30.